The van der Waals surface area contributed by atoms with E-state index in [4.69, 9.17) is 4.74 Å². The second kappa shape index (κ2) is 5.21. The number of piperidine rings is 1. The van der Waals surface area contributed by atoms with Crippen LogP contribution in [-0.2, 0) is 9.53 Å². The van der Waals surface area contributed by atoms with Gasteiger partial charge in [0.15, 0.2) is 5.60 Å². The Bertz CT molecular complexity index is 793. The summed E-state index contributed by atoms with van der Waals surface area (Å²) in [6.45, 7) is 1.12. The molecule has 4 aliphatic rings. The molecule has 0 radical (unpaired) electrons. The summed E-state index contributed by atoms with van der Waals surface area (Å²) in [4.78, 5) is 16.9. The van der Waals surface area contributed by atoms with Gasteiger partial charge in [0.2, 0.25) is 0 Å². The van der Waals surface area contributed by atoms with Crippen LogP contribution in [0.25, 0.3) is 5.57 Å². The molecule has 25 heavy (non-hydrogen) atoms. The summed E-state index contributed by atoms with van der Waals surface area (Å²) in [7, 11) is 4.10. The molecule has 3 atom stereocenters. The molecule has 3 aliphatic heterocycles. The van der Waals surface area contributed by atoms with E-state index >= 15 is 0 Å². The van der Waals surface area contributed by atoms with Crippen LogP contribution in [0.3, 0.4) is 0 Å². The van der Waals surface area contributed by atoms with Crippen LogP contribution < -0.4 is 4.90 Å². The van der Waals surface area contributed by atoms with Crippen LogP contribution in [0.5, 0.6) is 0 Å². The minimum atomic E-state index is -0.410. The Morgan fingerprint density at radius 2 is 2.00 bits per heavy atom. The zero-order valence-corrected chi connectivity index (χ0v) is 14.9. The quantitative estimate of drug-likeness (QED) is 0.777. The monoisotopic (exact) mass is 336 g/mol. The van der Waals surface area contributed by atoms with Crippen LogP contribution in [0.4, 0.5) is 5.69 Å². The summed E-state index contributed by atoms with van der Waals surface area (Å²) in [5.74, 6) is -0.168. The summed E-state index contributed by atoms with van der Waals surface area (Å²) in [6.07, 6.45) is 8.66. The van der Waals surface area contributed by atoms with Gasteiger partial charge in [0, 0.05) is 43.9 Å². The summed E-state index contributed by atoms with van der Waals surface area (Å²) in [5, 5.41) is 0. The maximum atomic E-state index is 12.2. The largest absolute Gasteiger partial charge is 0.449 e. The first kappa shape index (κ1) is 15.2. The highest BCUT2D eigenvalue weighted by atomic mass is 16.6. The first-order valence-corrected chi connectivity index (χ1v) is 9.29. The number of ether oxygens (including phenoxy) is 1. The molecule has 0 saturated carbocycles. The molecule has 1 aliphatic carbocycles. The number of carbonyl (C=O) groups is 1. The van der Waals surface area contributed by atoms with Crippen LogP contribution >= 0.6 is 0 Å². The van der Waals surface area contributed by atoms with Gasteiger partial charge in [0.1, 0.15) is 0 Å². The first-order valence-electron chi connectivity index (χ1n) is 9.29. The summed E-state index contributed by atoms with van der Waals surface area (Å²) in [5.41, 5.74) is 4.27. The lowest BCUT2D eigenvalue weighted by atomic mass is 9.75. The lowest BCUT2D eigenvalue weighted by Gasteiger charge is -2.38. The zero-order chi connectivity index (χ0) is 17.2. The van der Waals surface area contributed by atoms with Crippen molar-refractivity contribution in [1.82, 2.24) is 4.90 Å². The molecule has 3 unspecified atom stereocenters. The molecule has 2 fully saturated rings. The van der Waals surface area contributed by atoms with Crippen molar-refractivity contribution >= 4 is 17.2 Å². The Morgan fingerprint density at radius 3 is 2.76 bits per heavy atom. The van der Waals surface area contributed by atoms with E-state index in [9.17, 15) is 4.79 Å². The average molecular weight is 336 g/mol. The van der Waals surface area contributed by atoms with E-state index < -0.39 is 5.60 Å². The SMILES string of the molecule is CN(C)c1ccc(C2=CC3CC4(OC(=O)C=C24)C2CCCCN32)cc1. The maximum absolute atomic E-state index is 12.2. The van der Waals surface area contributed by atoms with Crippen molar-refractivity contribution in [2.75, 3.05) is 25.5 Å². The molecule has 5 rings (SSSR count). The summed E-state index contributed by atoms with van der Waals surface area (Å²) >= 11 is 0. The third kappa shape index (κ3) is 2.07. The van der Waals surface area contributed by atoms with E-state index in [1.807, 2.05) is 14.1 Å². The number of rotatable bonds is 2. The van der Waals surface area contributed by atoms with E-state index in [1.165, 1.54) is 29.7 Å². The number of carbonyl (C=O) groups excluding carboxylic acids is 1. The smallest absolute Gasteiger partial charge is 0.332 e. The maximum Gasteiger partial charge on any atom is 0.332 e. The molecule has 0 N–H and O–H groups in total. The number of benzene rings is 1. The van der Waals surface area contributed by atoms with Crippen LogP contribution in [0, 0.1) is 0 Å². The zero-order valence-electron chi connectivity index (χ0n) is 14.9. The number of hydrogen-bond acceptors (Lipinski definition) is 4. The fourth-order valence-electron chi connectivity index (χ4n) is 5.25. The third-order valence-electron chi connectivity index (χ3n) is 6.37. The van der Waals surface area contributed by atoms with Crippen molar-refractivity contribution in [3.05, 3.63) is 47.6 Å². The normalized spacial score (nSPS) is 33.3. The van der Waals surface area contributed by atoms with Gasteiger partial charge in [-0.3, -0.25) is 4.90 Å². The van der Waals surface area contributed by atoms with Gasteiger partial charge in [-0.25, -0.2) is 4.79 Å². The van der Waals surface area contributed by atoms with E-state index in [0.29, 0.717) is 12.1 Å². The predicted molar refractivity (Wildman–Crippen MR) is 98.4 cm³/mol. The lowest BCUT2D eigenvalue weighted by molar-refractivity contribution is -0.148. The molecular weight excluding hydrogens is 312 g/mol. The summed E-state index contributed by atoms with van der Waals surface area (Å²) < 4.78 is 6.00. The van der Waals surface area contributed by atoms with Crippen molar-refractivity contribution in [1.29, 1.82) is 0 Å². The second-order valence-corrected chi connectivity index (χ2v) is 7.91. The van der Waals surface area contributed by atoms with Gasteiger partial charge >= 0.3 is 5.97 Å². The highest BCUT2D eigenvalue weighted by Gasteiger charge is 2.61. The van der Waals surface area contributed by atoms with Gasteiger partial charge in [0.05, 0.1) is 6.04 Å². The van der Waals surface area contributed by atoms with Gasteiger partial charge in [-0.15, -0.1) is 0 Å². The Labute approximate surface area is 148 Å². The number of nitrogens with zero attached hydrogens (tertiary/aromatic N) is 2. The summed E-state index contributed by atoms with van der Waals surface area (Å²) in [6, 6.07) is 9.36. The highest BCUT2D eigenvalue weighted by molar-refractivity contribution is 5.97. The van der Waals surface area contributed by atoms with Crippen molar-refractivity contribution in [3.63, 3.8) is 0 Å². The molecule has 2 saturated heterocycles. The fraction of sp³-hybridized carbons (Fsp3) is 0.476. The molecule has 3 heterocycles. The van der Waals surface area contributed by atoms with Gasteiger partial charge in [-0.05, 0) is 42.7 Å². The Hall–Kier alpha value is -2.07. The number of hydrogen-bond donors (Lipinski definition) is 0. The van der Waals surface area contributed by atoms with E-state index in [2.05, 4.69) is 40.1 Å². The minimum Gasteiger partial charge on any atom is -0.449 e. The second-order valence-electron chi connectivity index (χ2n) is 7.91. The minimum absolute atomic E-state index is 0.168. The van der Waals surface area contributed by atoms with Crippen LogP contribution in [0.2, 0.25) is 0 Å². The van der Waals surface area contributed by atoms with Gasteiger partial charge in [-0.1, -0.05) is 24.6 Å². The predicted octanol–water partition coefficient (Wildman–Crippen LogP) is 3.00. The Balaban J connectivity index is 1.61. The molecule has 0 amide bonds. The Kier molecular flexibility index (Phi) is 3.17. The molecule has 2 bridgehead atoms. The highest BCUT2D eigenvalue weighted by Crippen LogP contribution is 2.55. The van der Waals surface area contributed by atoms with Gasteiger partial charge in [0.25, 0.3) is 0 Å². The lowest BCUT2D eigenvalue weighted by Crippen LogP contribution is -2.48. The number of anilines is 1. The van der Waals surface area contributed by atoms with Crippen molar-refractivity contribution in [2.24, 2.45) is 0 Å². The van der Waals surface area contributed by atoms with Crippen LogP contribution in [0.1, 0.15) is 31.2 Å². The first-order chi connectivity index (χ1) is 12.1. The van der Waals surface area contributed by atoms with Gasteiger partial charge < -0.3 is 9.64 Å². The number of esters is 1. The molecule has 4 nitrogen and oxygen atoms in total. The molecule has 4 heteroatoms. The Morgan fingerprint density at radius 1 is 1.20 bits per heavy atom. The van der Waals surface area contributed by atoms with Gasteiger partial charge in [-0.2, -0.15) is 0 Å². The van der Waals surface area contributed by atoms with Crippen molar-refractivity contribution in [3.8, 4) is 0 Å². The standard InChI is InChI=1S/C21H24N2O2/c1-22(2)15-8-6-14(7-9-15)17-11-16-13-21(18(17)12-20(24)25-21)19-5-3-4-10-23(16)19/h6-9,11-12,16,19H,3-5,10,13H2,1-2H3. The van der Waals surface area contributed by atoms with Crippen molar-refractivity contribution < 1.29 is 9.53 Å². The molecule has 0 aromatic heterocycles. The molecular formula is C21H24N2O2. The molecule has 1 spiro atoms. The fourth-order valence-corrected chi connectivity index (χ4v) is 5.25. The van der Waals surface area contributed by atoms with Crippen molar-refractivity contribution in [2.45, 2.75) is 43.4 Å². The van der Waals surface area contributed by atoms with E-state index in [1.54, 1.807) is 6.08 Å². The molecule has 1 aromatic carbocycles. The molecule has 1 aromatic rings. The van der Waals surface area contributed by atoms with Crippen LogP contribution in [-0.4, -0.2) is 49.2 Å². The number of fused-ring (bicyclic) bond motifs is 3. The topological polar surface area (TPSA) is 32.8 Å². The average Bonchev–Trinajstić information content (AvgIpc) is 3.10. The van der Waals surface area contributed by atoms with Crippen LogP contribution in [0.15, 0.2) is 42.0 Å². The van der Waals surface area contributed by atoms with E-state index in [-0.39, 0.29) is 5.97 Å². The van der Waals surface area contributed by atoms with E-state index in [0.717, 1.165) is 25.0 Å². The third-order valence-corrected chi connectivity index (χ3v) is 6.37. The molecule has 130 valence electrons.